The SMILES string of the molecule is CO[C@@H]1[C@@H](NC(=O)c2ccsc2)c2ccccc2C12CCN(Cc1cccc3cnccc13)CC2. The first-order valence-corrected chi connectivity index (χ1v) is 13.1. The van der Waals surface area contributed by atoms with Crippen LogP contribution in [-0.2, 0) is 16.7 Å². The van der Waals surface area contributed by atoms with Crippen molar-refractivity contribution in [2.75, 3.05) is 20.2 Å². The zero-order valence-corrected chi connectivity index (χ0v) is 20.6. The molecule has 1 saturated heterocycles. The number of methoxy groups -OCH3 is 1. The summed E-state index contributed by atoms with van der Waals surface area (Å²) < 4.78 is 6.19. The number of likely N-dealkylation sites (tertiary alicyclic amines) is 1. The van der Waals surface area contributed by atoms with Crippen LogP contribution in [0.5, 0.6) is 0 Å². The number of fused-ring (bicyclic) bond motifs is 3. The molecule has 178 valence electrons. The minimum absolute atomic E-state index is 0.0342. The summed E-state index contributed by atoms with van der Waals surface area (Å²) in [5, 5.41) is 9.61. The fraction of sp³-hybridized carbons (Fsp3) is 0.310. The van der Waals surface area contributed by atoms with E-state index in [1.807, 2.05) is 29.2 Å². The number of carbonyl (C=O) groups is 1. The van der Waals surface area contributed by atoms with Crippen molar-refractivity contribution in [3.63, 3.8) is 0 Å². The van der Waals surface area contributed by atoms with Crippen LogP contribution in [0.3, 0.4) is 0 Å². The lowest BCUT2D eigenvalue weighted by molar-refractivity contribution is -0.0121. The first kappa shape index (κ1) is 22.4. The molecule has 2 atom stereocenters. The predicted molar refractivity (Wildman–Crippen MR) is 140 cm³/mol. The van der Waals surface area contributed by atoms with E-state index in [0.29, 0.717) is 5.56 Å². The maximum absolute atomic E-state index is 13.0. The van der Waals surface area contributed by atoms with Gasteiger partial charge in [0.05, 0.1) is 17.7 Å². The van der Waals surface area contributed by atoms with E-state index < -0.39 is 0 Å². The number of hydrogen-bond donors (Lipinski definition) is 1. The van der Waals surface area contributed by atoms with E-state index in [1.165, 1.54) is 38.8 Å². The van der Waals surface area contributed by atoms with Crippen molar-refractivity contribution < 1.29 is 9.53 Å². The number of nitrogens with zero attached hydrogens (tertiary/aromatic N) is 2. The second-order valence-electron chi connectivity index (χ2n) is 9.65. The Hall–Kier alpha value is -3.06. The van der Waals surface area contributed by atoms with Gasteiger partial charge in [-0.3, -0.25) is 14.7 Å². The number of amides is 1. The second kappa shape index (κ2) is 9.19. The third-order valence-corrected chi connectivity index (χ3v) is 8.60. The van der Waals surface area contributed by atoms with Gasteiger partial charge in [-0.05, 0) is 65.5 Å². The molecule has 2 aliphatic rings. The lowest BCUT2D eigenvalue weighted by atomic mass is 9.71. The number of pyridine rings is 1. The van der Waals surface area contributed by atoms with E-state index in [0.717, 1.165) is 32.5 Å². The van der Waals surface area contributed by atoms with Crippen molar-refractivity contribution in [1.29, 1.82) is 0 Å². The van der Waals surface area contributed by atoms with E-state index in [-0.39, 0.29) is 23.5 Å². The van der Waals surface area contributed by atoms with Crippen LogP contribution in [0.4, 0.5) is 0 Å². The molecule has 5 nitrogen and oxygen atoms in total. The van der Waals surface area contributed by atoms with Gasteiger partial charge in [0.25, 0.3) is 5.91 Å². The fourth-order valence-electron chi connectivity index (χ4n) is 6.22. The molecular weight excluding hydrogens is 454 g/mol. The predicted octanol–water partition coefficient (Wildman–Crippen LogP) is 5.33. The van der Waals surface area contributed by atoms with Crippen molar-refractivity contribution in [2.45, 2.75) is 36.9 Å². The van der Waals surface area contributed by atoms with Gasteiger partial charge in [0.2, 0.25) is 0 Å². The molecule has 2 aromatic carbocycles. The van der Waals surface area contributed by atoms with Crippen molar-refractivity contribution in [3.05, 3.63) is 100 Å². The number of aromatic nitrogens is 1. The molecule has 1 aliphatic carbocycles. The Morgan fingerprint density at radius 1 is 1.14 bits per heavy atom. The molecular formula is C29H29N3O2S. The Morgan fingerprint density at radius 3 is 2.80 bits per heavy atom. The Balaban J connectivity index is 1.25. The van der Waals surface area contributed by atoms with Crippen molar-refractivity contribution in [3.8, 4) is 0 Å². The summed E-state index contributed by atoms with van der Waals surface area (Å²) in [6, 6.07) is 18.9. The average molecular weight is 484 g/mol. The number of hydrogen-bond acceptors (Lipinski definition) is 5. The zero-order valence-electron chi connectivity index (χ0n) is 19.8. The molecule has 35 heavy (non-hydrogen) atoms. The average Bonchev–Trinajstić information content (AvgIpc) is 3.52. The number of ether oxygens (including phenoxy) is 1. The minimum Gasteiger partial charge on any atom is -0.378 e. The summed E-state index contributed by atoms with van der Waals surface area (Å²) in [7, 11) is 1.79. The normalized spacial score (nSPS) is 21.3. The molecule has 1 amide bonds. The molecule has 0 radical (unpaired) electrons. The minimum atomic E-state index is -0.152. The summed E-state index contributed by atoms with van der Waals surface area (Å²) in [6.45, 7) is 2.90. The molecule has 1 spiro atoms. The molecule has 2 aromatic heterocycles. The maximum Gasteiger partial charge on any atom is 0.252 e. The maximum atomic E-state index is 13.0. The van der Waals surface area contributed by atoms with Gasteiger partial charge in [0, 0.05) is 42.2 Å². The van der Waals surface area contributed by atoms with Gasteiger partial charge in [0.15, 0.2) is 0 Å². The van der Waals surface area contributed by atoms with Crippen LogP contribution in [0, 0.1) is 0 Å². The molecule has 1 aliphatic heterocycles. The molecule has 1 fully saturated rings. The van der Waals surface area contributed by atoms with E-state index in [9.17, 15) is 4.79 Å². The van der Waals surface area contributed by atoms with Crippen LogP contribution in [0.25, 0.3) is 10.8 Å². The highest BCUT2D eigenvalue weighted by molar-refractivity contribution is 7.08. The van der Waals surface area contributed by atoms with Gasteiger partial charge < -0.3 is 10.1 Å². The van der Waals surface area contributed by atoms with Crippen molar-refractivity contribution in [2.24, 2.45) is 0 Å². The van der Waals surface area contributed by atoms with E-state index in [1.54, 1.807) is 7.11 Å². The standard InChI is InChI=1S/C29H29N3O2S/c1-34-27-26(31-28(33)22-10-16-35-19-22)24-7-2-3-8-25(24)29(27)11-14-32(15-12-29)18-21-6-4-5-20-17-30-13-9-23(20)21/h2-10,13,16-17,19,26-27H,11-12,14-15,18H2,1H3,(H,31,33)/t26-,27+/m0/s1. The molecule has 0 unspecified atom stereocenters. The highest BCUT2D eigenvalue weighted by atomic mass is 32.1. The monoisotopic (exact) mass is 483 g/mol. The lowest BCUT2D eigenvalue weighted by Gasteiger charge is -2.44. The third-order valence-electron chi connectivity index (χ3n) is 7.92. The Bertz CT molecular complexity index is 1340. The molecule has 0 bridgehead atoms. The van der Waals surface area contributed by atoms with Crippen LogP contribution >= 0.6 is 11.3 Å². The Kier molecular flexibility index (Phi) is 5.88. The molecule has 1 N–H and O–H groups in total. The summed E-state index contributed by atoms with van der Waals surface area (Å²) >= 11 is 1.54. The second-order valence-corrected chi connectivity index (χ2v) is 10.4. The smallest absolute Gasteiger partial charge is 0.252 e. The summed E-state index contributed by atoms with van der Waals surface area (Å²) in [5.74, 6) is -0.0342. The Morgan fingerprint density at radius 2 is 2.00 bits per heavy atom. The summed E-state index contributed by atoms with van der Waals surface area (Å²) in [4.78, 5) is 19.8. The third kappa shape index (κ3) is 3.86. The number of rotatable bonds is 5. The highest BCUT2D eigenvalue weighted by Gasteiger charge is 2.54. The van der Waals surface area contributed by atoms with E-state index >= 15 is 0 Å². The van der Waals surface area contributed by atoms with Crippen LogP contribution in [0.1, 0.15) is 45.9 Å². The van der Waals surface area contributed by atoms with Gasteiger partial charge in [0.1, 0.15) is 0 Å². The quantitative estimate of drug-likeness (QED) is 0.417. The Labute approximate surface area is 209 Å². The van der Waals surface area contributed by atoms with Gasteiger partial charge in [-0.2, -0.15) is 11.3 Å². The van der Waals surface area contributed by atoms with Crippen LogP contribution in [0.15, 0.2) is 77.8 Å². The van der Waals surface area contributed by atoms with Crippen LogP contribution in [-0.4, -0.2) is 42.1 Å². The zero-order chi connectivity index (χ0) is 23.8. The topological polar surface area (TPSA) is 54.5 Å². The van der Waals surface area contributed by atoms with Crippen LogP contribution < -0.4 is 5.32 Å². The van der Waals surface area contributed by atoms with Gasteiger partial charge in [-0.25, -0.2) is 0 Å². The van der Waals surface area contributed by atoms with Gasteiger partial charge in [-0.1, -0.05) is 42.5 Å². The van der Waals surface area contributed by atoms with Gasteiger partial charge >= 0.3 is 0 Å². The number of nitrogens with one attached hydrogen (secondary N) is 1. The fourth-order valence-corrected chi connectivity index (χ4v) is 6.86. The van der Waals surface area contributed by atoms with Crippen molar-refractivity contribution >= 4 is 28.0 Å². The largest absolute Gasteiger partial charge is 0.378 e. The summed E-state index contributed by atoms with van der Waals surface area (Å²) in [5.41, 5.74) is 4.48. The van der Waals surface area contributed by atoms with Crippen molar-refractivity contribution in [1.82, 2.24) is 15.2 Å². The van der Waals surface area contributed by atoms with Gasteiger partial charge in [-0.15, -0.1) is 0 Å². The molecule has 3 heterocycles. The first-order chi connectivity index (χ1) is 17.2. The number of carbonyl (C=O) groups excluding carboxylic acids is 1. The first-order valence-electron chi connectivity index (χ1n) is 12.2. The van der Waals surface area contributed by atoms with Crippen LogP contribution in [0.2, 0.25) is 0 Å². The van der Waals surface area contributed by atoms with E-state index in [2.05, 4.69) is 63.7 Å². The molecule has 4 aromatic rings. The molecule has 0 saturated carbocycles. The number of piperidine rings is 1. The lowest BCUT2D eigenvalue weighted by Crippen LogP contribution is -2.50. The number of thiophene rings is 1. The molecule has 6 heteroatoms. The van der Waals surface area contributed by atoms with E-state index in [4.69, 9.17) is 4.74 Å². The number of benzene rings is 2. The summed E-state index contributed by atoms with van der Waals surface area (Å²) in [6.07, 6.45) is 5.72. The highest BCUT2D eigenvalue weighted by Crippen LogP contribution is 2.52. The molecule has 6 rings (SSSR count).